The largest absolute Gasteiger partial charge is 0.385 e. The van der Waals surface area contributed by atoms with Crippen molar-refractivity contribution < 1.29 is 4.79 Å². The number of hydrogen-bond acceptors (Lipinski definition) is 5. The molecule has 5 heteroatoms. The van der Waals surface area contributed by atoms with Crippen molar-refractivity contribution >= 4 is 23.2 Å². The number of anilines is 2. The van der Waals surface area contributed by atoms with Crippen molar-refractivity contribution in [2.75, 3.05) is 42.9 Å². The van der Waals surface area contributed by atoms with E-state index >= 15 is 0 Å². The maximum absolute atomic E-state index is 13.5. The zero-order valence-corrected chi connectivity index (χ0v) is 17.6. The molecule has 1 aromatic heterocycles. The summed E-state index contributed by atoms with van der Waals surface area (Å²) < 4.78 is 0. The number of pyridine rings is 1. The Labute approximate surface area is 173 Å². The third-order valence-corrected chi connectivity index (χ3v) is 5.91. The van der Waals surface area contributed by atoms with Gasteiger partial charge in [0.25, 0.3) is 0 Å². The summed E-state index contributed by atoms with van der Waals surface area (Å²) in [5, 5.41) is 3.32. The molecule has 1 aliphatic carbocycles. The second-order valence-electron chi connectivity index (χ2n) is 8.08. The van der Waals surface area contributed by atoms with Crippen molar-refractivity contribution in [3.05, 3.63) is 58.9 Å². The summed E-state index contributed by atoms with van der Waals surface area (Å²) in [6.07, 6.45) is 6.74. The van der Waals surface area contributed by atoms with Crippen molar-refractivity contribution in [2.45, 2.75) is 33.2 Å². The van der Waals surface area contributed by atoms with E-state index in [0.29, 0.717) is 11.6 Å². The van der Waals surface area contributed by atoms with Crippen molar-refractivity contribution in [3.63, 3.8) is 0 Å². The van der Waals surface area contributed by atoms with E-state index in [1.54, 1.807) is 0 Å². The van der Waals surface area contributed by atoms with Crippen LogP contribution in [0.4, 0.5) is 11.4 Å². The lowest BCUT2D eigenvalue weighted by molar-refractivity contribution is 0.103. The molecule has 4 rings (SSSR count). The van der Waals surface area contributed by atoms with Crippen LogP contribution in [0.25, 0.3) is 6.08 Å². The Hall–Kier alpha value is -2.66. The highest BCUT2D eigenvalue weighted by Crippen LogP contribution is 2.27. The molecule has 1 fully saturated rings. The lowest BCUT2D eigenvalue weighted by Crippen LogP contribution is -2.49. The predicted octanol–water partition coefficient (Wildman–Crippen LogP) is 3.84. The molecule has 2 aromatic rings. The van der Waals surface area contributed by atoms with Crippen molar-refractivity contribution in [1.82, 2.24) is 9.88 Å². The molecule has 1 N–H and O–H groups in total. The number of allylic oxidation sites excluding steroid dienone is 1. The maximum atomic E-state index is 13.5. The van der Waals surface area contributed by atoms with E-state index in [1.807, 2.05) is 24.4 Å². The summed E-state index contributed by atoms with van der Waals surface area (Å²) in [4.78, 5) is 23.0. The topological polar surface area (TPSA) is 48.5 Å². The molecule has 0 unspecified atom stereocenters. The van der Waals surface area contributed by atoms with Crippen LogP contribution in [0.3, 0.4) is 0 Å². The first-order chi connectivity index (χ1) is 14.1. The van der Waals surface area contributed by atoms with Gasteiger partial charge in [0, 0.05) is 50.0 Å². The van der Waals surface area contributed by atoms with Crippen LogP contribution in [0.15, 0.2) is 36.5 Å². The number of ketones is 1. The molecule has 0 amide bonds. The monoisotopic (exact) mass is 390 g/mol. The van der Waals surface area contributed by atoms with Crippen LogP contribution in [0, 0.1) is 0 Å². The highest BCUT2D eigenvalue weighted by Gasteiger charge is 2.23. The van der Waals surface area contributed by atoms with Gasteiger partial charge >= 0.3 is 0 Å². The van der Waals surface area contributed by atoms with Gasteiger partial charge in [-0.25, -0.2) is 0 Å². The molecule has 1 aromatic carbocycles. The van der Waals surface area contributed by atoms with E-state index in [-0.39, 0.29) is 5.78 Å². The normalized spacial score (nSPS) is 18.1. The fourth-order valence-corrected chi connectivity index (χ4v) is 4.17. The number of benzene rings is 1. The number of fused-ring (bicyclic) bond motifs is 2. The van der Waals surface area contributed by atoms with Gasteiger partial charge < -0.3 is 10.2 Å². The maximum Gasteiger partial charge on any atom is 0.195 e. The zero-order chi connectivity index (χ0) is 20.4. The van der Waals surface area contributed by atoms with Crippen molar-refractivity contribution in [1.29, 1.82) is 0 Å². The second-order valence-corrected chi connectivity index (χ2v) is 8.08. The molecule has 2 aliphatic rings. The zero-order valence-electron chi connectivity index (χ0n) is 17.6. The van der Waals surface area contributed by atoms with Crippen molar-refractivity contribution in [2.24, 2.45) is 0 Å². The number of carbonyl (C=O) groups excluding carboxylic acids is 1. The van der Waals surface area contributed by atoms with Gasteiger partial charge in [0.1, 0.15) is 0 Å². The van der Waals surface area contributed by atoms with Crippen LogP contribution < -0.4 is 10.2 Å². The minimum absolute atomic E-state index is 0.0641. The van der Waals surface area contributed by atoms with E-state index in [2.05, 4.69) is 59.1 Å². The first kappa shape index (κ1) is 19.6. The molecular formula is C24H30N4O. The Morgan fingerprint density at radius 2 is 1.90 bits per heavy atom. The number of rotatable bonds is 4. The lowest BCUT2D eigenvalue weighted by Gasteiger charge is -2.38. The fourth-order valence-electron chi connectivity index (χ4n) is 4.17. The van der Waals surface area contributed by atoms with Crippen molar-refractivity contribution in [3.8, 4) is 0 Å². The first-order valence-electron chi connectivity index (χ1n) is 10.6. The number of piperazine rings is 1. The molecular weight excluding hydrogens is 360 g/mol. The number of nitrogens with zero attached hydrogens (tertiary/aromatic N) is 3. The molecule has 0 bridgehead atoms. The molecule has 0 atom stereocenters. The molecule has 0 radical (unpaired) electrons. The predicted molar refractivity (Wildman–Crippen MR) is 120 cm³/mol. The van der Waals surface area contributed by atoms with E-state index in [0.717, 1.165) is 67.3 Å². The van der Waals surface area contributed by atoms with Crippen LogP contribution in [-0.2, 0) is 6.42 Å². The Bertz CT molecular complexity index is 926. The third kappa shape index (κ3) is 4.06. The van der Waals surface area contributed by atoms with Gasteiger partial charge in [0.2, 0.25) is 0 Å². The van der Waals surface area contributed by atoms with Gasteiger partial charge in [0.05, 0.1) is 23.1 Å². The SMILES string of the molecule is CCNc1ccc2c(c1)C(=O)c1cc(N3CCN(C(C)C)CC3)cnc1/C=C\C2. The second kappa shape index (κ2) is 8.37. The average molecular weight is 391 g/mol. The van der Waals surface area contributed by atoms with Crippen LogP contribution in [0.2, 0.25) is 0 Å². The Morgan fingerprint density at radius 3 is 2.62 bits per heavy atom. The smallest absolute Gasteiger partial charge is 0.195 e. The van der Waals surface area contributed by atoms with Crippen LogP contribution >= 0.6 is 0 Å². The third-order valence-electron chi connectivity index (χ3n) is 5.91. The summed E-state index contributed by atoms with van der Waals surface area (Å²) in [6.45, 7) is 11.4. The van der Waals surface area contributed by atoms with Gasteiger partial charge in [-0.2, -0.15) is 0 Å². The molecule has 1 saturated heterocycles. The Morgan fingerprint density at radius 1 is 1.10 bits per heavy atom. The van der Waals surface area contributed by atoms with Gasteiger partial charge in [-0.3, -0.25) is 14.7 Å². The lowest BCUT2D eigenvalue weighted by atomic mass is 9.92. The summed E-state index contributed by atoms with van der Waals surface area (Å²) in [6, 6.07) is 8.70. The van der Waals surface area contributed by atoms with Gasteiger partial charge in [-0.1, -0.05) is 12.1 Å². The minimum atomic E-state index is 0.0641. The minimum Gasteiger partial charge on any atom is -0.385 e. The number of aromatic nitrogens is 1. The number of carbonyl (C=O) groups is 1. The molecule has 0 spiro atoms. The quantitative estimate of drug-likeness (QED) is 0.859. The average Bonchev–Trinajstić information content (AvgIpc) is 2.73. The number of nitrogens with one attached hydrogen (secondary N) is 1. The van der Waals surface area contributed by atoms with Gasteiger partial charge in [0.15, 0.2) is 5.78 Å². The highest BCUT2D eigenvalue weighted by molar-refractivity contribution is 6.12. The van der Waals surface area contributed by atoms with E-state index in [9.17, 15) is 4.79 Å². The standard InChI is InChI=1S/C24H30N4O/c1-4-25-19-9-8-18-6-5-7-23-22(24(29)21(18)14-19)15-20(16-26-23)28-12-10-27(11-13-28)17(2)3/h5,7-9,14-17,25H,4,6,10-13H2,1-3H3/b7-5-. The molecule has 29 heavy (non-hydrogen) atoms. The van der Waals surface area contributed by atoms with Gasteiger partial charge in [-0.15, -0.1) is 0 Å². The van der Waals surface area contributed by atoms with Crippen LogP contribution in [0.5, 0.6) is 0 Å². The first-order valence-corrected chi connectivity index (χ1v) is 10.6. The summed E-state index contributed by atoms with van der Waals surface area (Å²) in [5.74, 6) is 0.0641. The van der Waals surface area contributed by atoms with Crippen LogP contribution in [0.1, 0.15) is 48.0 Å². The van der Waals surface area contributed by atoms with Gasteiger partial charge in [-0.05, 0) is 57.0 Å². The highest BCUT2D eigenvalue weighted by atomic mass is 16.1. The molecule has 2 heterocycles. The Kier molecular flexibility index (Phi) is 5.67. The van der Waals surface area contributed by atoms with Crippen LogP contribution in [-0.4, -0.2) is 54.4 Å². The molecule has 1 aliphatic heterocycles. The van der Waals surface area contributed by atoms with E-state index in [4.69, 9.17) is 0 Å². The van der Waals surface area contributed by atoms with E-state index in [1.165, 1.54) is 0 Å². The molecule has 0 saturated carbocycles. The summed E-state index contributed by atoms with van der Waals surface area (Å²) >= 11 is 0. The molecule has 152 valence electrons. The fraction of sp³-hybridized carbons (Fsp3) is 0.417. The number of hydrogen-bond donors (Lipinski definition) is 1. The summed E-state index contributed by atoms with van der Waals surface area (Å²) in [7, 11) is 0. The molecule has 5 nitrogen and oxygen atoms in total. The summed E-state index contributed by atoms with van der Waals surface area (Å²) in [5.41, 5.74) is 5.32. The Balaban J connectivity index is 1.66. The van der Waals surface area contributed by atoms with E-state index < -0.39 is 0 Å².